The maximum Gasteiger partial charge on any atom is 0.350 e. The second kappa shape index (κ2) is 10.2. The summed E-state index contributed by atoms with van der Waals surface area (Å²) >= 11 is 3.02. The molecular weight excluding hydrogens is 406 g/mol. The van der Waals surface area contributed by atoms with E-state index < -0.39 is 0 Å². The molecule has 0 aliphatic carbocycles. The maximum atomic E-state index is 12.0. The molecule has 0 aliphatic heterocycles. The molecule has 7 nitrogen and oxygen atoms in total. The number of carbonyl (C=O) groups is 1. The van der Waals surface area contributed by atoms with Gasteiger partial charge in [-0.15, -0.1) is 22.7 Å². The molecule has 0 aliphatic rings. The molecule has 0 bridgehead atoms. The SMILES string of the molecule is CCNC(=NCc1csc(C(C)(C)C)n1)NC(C)c1nc(C)c(C(=O)OCC)s1. The number of aryl methyl sites for hydroxylation is 1. The summed E-state index contributed by atoms with van der Waals surface area (Å²) in [5.41, 5.74) is 1.69. The number of aliphatic imine (C=N–C) groups is 1. The standard InChI is InChI=1S/C20H31N5O2S2/c1-8-21-19(22-10-14-11-28-18(25-14)20(5,6)7)24-13(4)16-23-12(3)15(29-16)17(26)27-9-2/h11,13H,8-10H2,1-7H3,(H2,21,22,24). The van der Waals surface area contributed by atoms with Gasteiger partial charge in [0.1, 0.15) is 9.88 Å². The molecule has 9 heteroatoms. The molecule has 0 amide bonds. The first-order chi connectivity index (χ1) is 13.7. The van der Waals surface area contributed by atoms with Gasteiger partial charge in [-0.1, -0.05) is 20.8 Å². The van der Waals surface area contributed by atoms with Gasteiger partial charge in [-0.2, -0.15) is 0 Å². The Morgan fingerprint density at radius 2 is 2.03 bits per heavy atom. The fourth-order valence-corrected chi connectivity index (χ4v) is 4.32. The van der Waals surface area contributed by atoms with Gasteiger partial charge in [0.05, 0.1) is 35.6 Å². The van der Waals surface area contributed by atoms with Crippen LogP contribution in [0.4, 0.5) is 0 Å². The molecule has 160 valence electrons. The minimum Gasteiger partial charge on any atom is -0.462 e. The van der Waals surface area contributed by atoms with E-state index in [-0.39, 0.29) is 17.4 Å². The monoisotopic (exact) mass is 437 g/mol. The average Bonchev–Trinajstić information content (AvgIpc) is 3.26. The van der Waals surface area contributed by atoms with Crippen molar-refractivity contribution in [2.45, 2.75) is 66.5 Å². The molecule has 0 saturated heterocycles. The molecule has 0 aromatic carbocycles. The third-order valence-corrected chi connectivity index (χ3v) is 6.57. The van der Waals surface area contributed by atoms with E-state index >= 15 is 0 Å². The maximum absolute atomic E-state index is 12.0. The Hall–Kier alpha value is -2.00. The zero-order valence-electron chi connectivity index (χ0n) is 18.3. The van der Waals surface area contributed by atoms with E-state index in [1.165, 1.54) is 11.3 Å². The van der Waals surface area contributed by atoms with Gasteiger partial charge in [-0.3, -0.25) is 0 Å². The highest BCUT2D eigenvalue weighted by Gasteiger charge is 2.20. The minimum absolute atomic E-state index is 0.0449. The van der Waals surface area contributed by atoms with Crippen molar-refractivity contribution in [2.24, 2.45) is 4.99 Å². The summed E-state index contributed by atoms with van der Waals surface area (Å²) in [6.45, 7) is 15.7. The number of aromatic nitrogens is 2. The number of nitrogens with one attached hydrogen (secondary N) is 2. The lowest BCUT2D eigenvalue weighted by molar-refractivity contribution is 0.0531. The van der Waals surface area contributed by atoms with E-state index in [1.807, 2.05) is 20.8 Å². The summed E-state index contributed by atoms with van der Waals surface area (Å²) in [5.74, 6) is 0.371. The molecule has 0 saturated carbocycles. The summed E-state index contributed by atoms with van der Waals surface area (Å²) in [4.78, 5) is 26.5. The lowest BCUT2D eigenvalue weighted by atomic mass is 9.98. The quantitative estimate of drug-likeness (QED) is 0.383. The Labute approximate surface area is 181 Å². The molecule has 2 aromatic rings. The van der Waals surface area contributed by atoms with Crippen LogP contribution in [0.25, 0.3) is 0 Å². The number of guanidine groups is 1. The van der Waals surface area contributed by atoms with Crippen molar-refractivity contribution in [1.82, 2.24) is 20.6 Å². The van der Waals surface area contributed by atoms with Gasteiger partial charge in [0, 0.05) is 17.3 Å². The van der Waals surface area contributed by atoms with Crippen molar-refractivity contribution < 1.29 is 9.53 Å². The van der Waals surface area contributed by atoms with Gasteiger partial charge >= 0.3 is 5.97 Å². The van der Waals surface area contributed by atoms with Gasteiger partial charge in [0.15, 0.2) is 5.96 Å². The first-order valence-electron chi connectivity index (χ1n) is 9.79. The van der Waals surface area contributed by atoms with Crippen LogP contribution in [0.2, 0.25) is 0 Å². The predicted octanol–water partition coefficient (Wildman–Crippen LogP) is 4.20. The molecule has 2 heterocycles. The zero-order valence-corrected chi connectivity index (χ0v) is 19.9. The molecule has 0 radical (unpaired) electrons. The predicted molar refractivity (Wildman–Crippen MR) is 120 cm³/mol. The van der Waals surface area contributed by atoms with Crippen molar-refractivity contribution in [3.8, 4) is 0 Å². The zero-order chi connectivity index (χ0) is 21.6. The van der Waals surface area contributed by atoms with Crippen LogP contribution in [0.15, 0.2) is 10.4 Å². The number of rotatable bonds is 7. The van der Waals surface area contributed by atoms with Gasteiger partial charge in [0.2, 0.25) is 0 Å². The lowest BCUT2D eigenvalue weighted by Crippen LogP contribution is -2.38. The van der Waals surface area contributed by atoms with Crippen LogP contribution in [-0.4, -0.2) is 35.0 Å². The van der Waals surface area contributed by atoms with Gasteiger partial charge < -0.3 is 15.4 Å². The Balaban J connectivity index is 2.09. The highest BCUT2D eigenvalue weighted by Crippen LogP contribution is 2.26. The minimum atomic E-state index is -0.320. The fourth-order valence-electron chi connectivity index (χ4n) is 2.46. The average molecular weight is 438 g/mol. The third kappa shape index (κ3) is 6.50. The molecular formula is C20H31N5O2S2. The summed E-state index contributed by atoms with van der Waals surface area (Å²) in [7, 11) is 0. The first kappa shape index (κ1) is 23.3. The number of nitrogens with zero attached hydrogens (tertiary/aromatic N) is 3. The van der Waals surface area contributed by atoms with Crippen LogP contribution in [0, 0.1) is 6.92 Å². The second-order valence-electron chi connectivity index (χ2n) is 7.64. The van der Waals surface area contributed by atoms with E-state index in [0.29, 0.717) is 29.7 Å². The third-order valence-electron chi connectivity index (χ3n) is 3.93. The first-order valence-corrected chi connectivity index (χ1v) is 11.5. The number of ether oxygens (including phenoxy) is 1. The normalized spacial score (nSPS) is 13.3. The highest BCUT2D eigenvalue weighted by molar-refractivity contribution is 7.13. The van der Waals surface area contributed by atoms with E-state index in [0.717, 1.165) is 22.3 Å². The highest BCUT2D eigenvalue weighted by atomic mass is 32.1. The Morgan fingerprint density at radius 1 is 1.31 bits per heavy atom. The Bertz CT molecular complexity index is 851. The lowest BCUT2D eigenvalue weighted by Gasteiger charge is -2.16. The number of carbonyl (C=O) groups excluding carboxylic acids is 1. The van der Waals surface area contributed by atoms with Crippen LogP contribution >= 0.6 is 22.7 Å². The molecule has 0 spiro atoms. The van der Waals surface area contributed by atoms with Crippen molar-refractivity contribution >= 4 is 34.6 Å². The van der Waals surface area contributed by atoms with Crippen LogP contribution < -0.4 is 10.6 Å². The van der Waals surface area contributed by atoms with Gasteiger partial charge in [0.25, 0.3) is 0 Å². The molecule has 2 aromatic heterocycles. The van der Waals surface area contributed by atoms with Crippen molar-refractivity contribution in [3.63, 3.8) is 0 Å². The Morgan fingerprint density at radius 3 is 2.62 bits per heavy atom. The smallest absolute Gasteiger partial charge is 0.350 e. The van der Waals surface area contributed by atoms with Gasteiger partial charge in [-0.25, -0.2) is 19.8 Å². The molecule has 2 N–H and O–H groups in total. The van der Waals surface area contributed by atoms with Crippen molar-refractivity contribution in [1.29, 1.82) is 0 Å². The van der Waals surface area contributed by atoms with E-state index in [2.05, 4.69) is 46.8 Å². The molecule has 1 unspecified atom stereocenters. The van der Waals surface area contributed by atoms with Crippen molar-refractivity contribution in [3.05, 3.63) is 31.7 Å². The van der Waals surface area contributed by atoms with E-state index in [1.54, 1.807) is 18.3 Å². The summed E-state index contributed by atoms with van der Waals surface area (Å²) in [5, 5.41) is 10.6. The largest absolute Gasteiger partial charge is 0.462 e. The molecule has 0 fully saturated rings. The van der Waals surface area contributed by atoms with Gasteiger partial charge in [-0.05, 0) is 27.7 Å². The summed E-state index contributed by atoms with van der Waals surface area (Å²) < 4.78 is 5.10. The Kier molecular flexibility index (Phi) is 8.15. The van der Waals surface area contributed by atoms with Crippen molar-refractivity contribution in [2.75, 3.05) is 13.2 Å². The number of hydrogen-bond acceptors (Lipinski definition) is 7. The van der Waals surface area contributed by atoms with Crippen LogP contribution in [0.3, 0.4) is 0 Å². The summed E-state index contributed by atoms with van der Waals surface area (Å²) in [6, 6.07) is -0.0970. The van der Waals surface area contributed by atoms with E-state index in [9.17, 15) is 4.79 Å². The molecule has 1 atom stereocenters. The number of esters is 1. The van der Waals surface area contributed by atoms with Crippen LogP contribution in [0.1, 0.15) is 78.7 Å². The fraction of sp³-hybridized carbons (Fsp3) is 0.600. The second-order valence-corrected chi connectivity index (χ2v) is 9.53. The number of thiazole rings is 2. The van der Waals surface area contributed by atoms with Crippen LogP contribution in [0.5, 0.6) is 0 Å². The topological polar surface area (TPSA) is 88.5 Å². The summed E-state index contributed by atoms with van der Waals surface area (Å²) in [6.07, 6.45) is 0. The van der Waals surface area contributed by atoms with E-state index in [4.69, 9.17) is 9.72 Å². The molecule has 2 rings (SSSR count). The van der Waals surface area contributed by atoms with Crippen LogP contribution in [-0.2, 0) is 16.7 Å². The number of hydrogen-bond donors (Lipinski definition) is 2. The molecule has 29 heavy (non-hydrogen) atoms.